The molecule has 1 fully saturated rings. The summed E-state index contributed by atoms with van der Waals surface area (Å²) in [4.78, 5) is 14.5. The van der Waals surface area contributed by atoms with E-state index in [9.17, 15) is 9.18 Å². The number of rotatable bonds is 3. The van der Waals surface area contributed by atoms with Crippen molar-refractivity contribution in [2.75, 3.05) is 11.9 Å². The lowest BCUT2D eigenvalue weighted by Crippen LogP contribution is -2.34. The Kier molecular flexibility index (Phi) is 4.60. The maximum absolute atomic E-state index is 13.1. The predicted molar refractivity (Wildman–Crippen MR) is 89.9 cm³/mol. The SMILES string of the molecule is CCc1ccccc1NC(=O)N1CCCC1c1ccc(F)cc1. The second-order valence-electron chi connectivity index (χ2n) is 5.84. The van der Waals surface area contributed by atoms with E-state index in [1.165, 1.54) is 12.1 Å². The Labute approximate surface area is 136 Å². The third-order valence-electron chi connectivity index (χ3n) is 4.41. The van der Waals surface area contributed by atoms with Crippen molar-refractivity contribution in [2.24, 2.45) is 0 Å². The maximum atomic E-state index is 13.1. The summed E-state index contributed by atoms with van der Waals surface area (Å²) in [5, 5.41) is 3.03. The lowest BCUT2D eigenvalue weighted by atomic mass is 10.0. The highest BCUT2D eigenvalue weighted by Crippen LogP contribution is 2.32. The summed E-state index contributed by atoms with van der Waals surface area (Å²) < 4.78 is 13.1. The molecule has 4 heteroatoms. The van der Waals surface area contributed by atoms with Crippen molar-refractivity contribution in [3.63, 3.8) is 0 Å². The number of likely N-dealkylation sites (tertiary alicyclic amines) is 1. The van der Waals surface area contributed by atoms with Crippen molar-refractivity contribution < 1.29 is 9.18 Å². The number of hydrogen-bond acceptors (Lipinski definition) is 1. The molecule has 1 N–H and O–H groups in total. The van der Waals surface area contributed by atoms with Crippen LogP contribution in [0.2, 0.25) is 0 Å². The molecule has 0 radical (unpaired) electrons. The first-order valence-corrected chi connectivity index (χ1v) is 8.10. The normalized spacial score (nSPS) is 17.3. The number of hydrogen-bond donors (Lipinski definition) is 1. The molecule has 1 aliphatic heterocycles. The Morgan fingerprint density at radius 3 is 2.70 bits per heavy atom. The van der Waals surface area contributed by atoms with Crippen LogP contribution in [0, 0.1) is 5.82 Å². The van der Waals surface area contributed by atoms with E-state index in [-0.39, 0.29) is 17.9 Å². The van der Waals surface area contributed by atoms with Crippen LogP contribution in [-0.4, -0.2) is 17.5 Å². The van der Waals surface area contributed by atoms with Crippen molar-refractivity contribution in [1.29, 1.82) is 0 Å². The Morgan fingerprint density at radius 2 is 1.96 bits per heavy atom. The minimum atomic E-state index is -0.250. The first-order valence-electron chi connectivity index (χ1n) is 8.10. The van der Waals surface area contributed by atoms with Gasteiger partial charge in [-0.15, -0.1) is 0 Å². The standard InChI is InChI=1S/C19H21FN2O/c1-2-14-6-3-4-7-17(14)21-19(23)22-13-5-8-18(22)15-9-11-16(20)12-10-15/h3-4,6-7,9-12,18H,2,5,8,13H2,1H3,(H,21,23). The van der Waals surface area contributed by atoms with Gasteiger partial charge in [-0.3, -0.25) is 0 Å². The lowest BCUT2D eigenvalue weighted by Gasteiger charge is -2.26. The predicted octanol–water partition coefficient (Wildman–Crippen LogP) is 4.76. The van der Waals surface area contributed by atoms with Gasteiger partial charge in [0.05, 0.1) is 6.04 Å². The molecule has 1 unspecified atom stereocenters. The molecule has 0 aromatic heterocycles. The van der Waals surface area contributed by atoms with Crippen LogP contribution in [0.15, 0.2) is 48.5 Å². The van der Waals surface area contributed by atoms with Gasteiger partial charge in [-0.05, 0) is 48.6 Å². The smallest absolute Gasteiger partial charge is 0.317 e. The van der Waals surface area contributed by atoms with Crippen molar-refractivity contribution in [3.8, 4) is 0 Å². The van der Waals surface area contributed by atoms with E-state index in [2.05, 4.69) is 12.2 Å². The molecule has 1 heterocycles. The van der Waals surface area contributed by atoms with E-state index in [1.54, 1.807) is 12.1 Å². The Balaban J connectivity index is 1.77. The van der Waals surface area contributed by atoms with Gasteiger partial charge in [0.1, 0.15) is 5.82 Å². The van der Waals surface area contributed by atoms with Crippen molar-refractivity contribution in [1.82, 2.24) is 4.90 Å². The number of para-hydroxylation sites is 1. The van der Waals surface area contributed by atoms with Crippen molar-refractivity contribution in [2.45, 2.75) is 32.2 Å². The molecule has 1 atom stereocenters. The monoisotopic (exact) mass is 312 g/mol. The van der Waals surface area contributed by atoms with E-state index in [1.807, 2.05) is 29.2 Å². The summed E-state index contributed by atoms with van der Waals surface area (Å²) in [5.41, 5.74) is 2.98. The fourth-order valence-corrected chi connectivity index (χ4v) is 3.18. The number of carbonyl (C=O) groups excluding carboxylic acids is 1. The van der Waals surface area contributed by atoms with Crippen molar-refractivity contribution >= 4 is 11.7 Å². The average Bonchev–Trinajstić information content (AvgIpc) is 3.06. The summed E-state index contributed by atoms with van der Waals surface area (Å²) in [6.45, 7) is 2.80. The van der Waals surface area contributed by atoms with Gasteiger partial charge in [-0.25, -0.2) is 9.18 Å². The number of halogens is 1. The van der Waals surface area contributed by atoms with E-state index < -0.39 is 0 Å². The maximum Gasteiger partial charge on any atom is 0.322 e. The first kappa shape index (κ1) is 15.5. The first-order chi connectivity index (χ1) is 11.2. The van der Waals surface area contributed by atoms with Crippen LogP contribution in [0.3, 0.4) is 0 Å². The molecule has 0 saturated carbocycles. The van der Waals surface area contributed by atoms with Gasteiger partial charge < -0.3 is 10.2 Å². The number of amides is 2. The van der Waals surface area contributed by atoms with E-state index in [0.29, 0.717) is 0 Å². The number of aryl methyl sites for hydroxylation is 1. The number of anilines is 1. The van der Waals surface area contributed by atoms with Crippen LogP contribution < -0.4 is 5.32 Å². The minimum Gasteiger partial charge on any atom is -0.317 e. The number of carbonyl (C=O) groups is 1. The fourth-order valence-electron chi connectivity index (χ4n) is 3.18. The van der Waals surface area contributed by atoms with Gasteiger partial charge in [0.25, 0.3) is 0 Å². The molecule has 1 saturated heterocycles. The highest BCUT2D eigenvalue weighted by molar-refractivity contribution is 5.90. The third-order valence-corrected chi connectivity index (χ3v) is 4.41. The van der Waals surface area contributed by atoms with Gasteiger partial charge in [0.15, 0.2) is 0 Å². The third kappa shape index (κ3) is 3.36. The van der Waals surface area contributed by atoms with E-state index in [0.717, 1.165) is 42.6 Å². The van der Waals surface area contributed by atoms with Crippen LogP contribution in [0.25, 0.3) is 0 Å². The molecule has 0 bridgehead atoms. The van der Waals surface area contributed by atoms with E-state index >= 15 is 0 Å². The number of benzene rings is 2. The van der Waals surface area contributed by atoms with Crippen LogP contribution >= 0.6 is 0 Å². The Bertz CT molecular complexity index is 684. The Hall–Kier alpha value is -2.36. The summed E-state index contributed by atoms with van der Waals surface area (Å²) in [6, 6.07) is 14.2. The number of nitrogens with one attached hydrogen (secondary N) is 1. The van der Waals surface area contributed by atoms with Crippen LogP contribution in [0.4, 0.5) is 14.9 Å². The molecule has 23 heavy (non-hydrogen) atoms. The molecule has 2 aromatic rings. The van der Waals surface area contributed by atoms with Crippen LogP contribution in [0.5, 0.6) is 0 Å². The zero-order valence-corrected chi connectivity index (χ0v) is 13.3. The molecule has 3 rings (SSSR count). The van der Waals surface area contributed by atoms with Gasteiger partial charge >= 0.3 is 6.03 Å². The topological polar surface area (TPSA) is 32.3 Å². The summed E-state index contributed by atoms with van der Waals surface area (Å²) in [6.07, 6.45) is 2.75. The minimum absolute atomic E-state index is 0.0180. The largest absolute Gasteiger partial charge is 0.322 e. The van der Waals surface area contributed by atoms with Gasteiger partial charge in [0.2, 0.25) is 0 Å². The molecule has 0 spiro atoms. The molecular weight excluding hydrogens is 291 g/mol. The molecule has 0 aliphatic carbocycles. The van der Waals surface area contributed by atoms with Gasteiger partial charge in [0, 0.05) is 12.2 Å². The molecule has 2 aromatic carbocycles. The zero-order chi connectivity index (χ0) is 16.2. The van der Waals surface area contributed by atoms with E-state index in [4.69, 9.17) is 0 Å². The quantitative estimate of drug-likeness (QED) is 0.871. The van der Waals surface area contributed by atoms with Crippen LogP contribution in [0.1, 0.15) is 36.9 Å². The summed E-state index contributed by atoms with van der Waals surface area (Å²) in [5.74, 6) is -0.250. The molecule has 120 valence electrons. The second-order valence-corrected chi connectivity index (χ2v) is 5.84. The highest BCUT2D eigenvalue weighted by Gasteiger charge is 2.30. The average molecular weight is 312 g/mol. The number of urea groups is 1. The summed E-state index contributed by atoms with van der Waals surface area (Å²) >= 11 is 0. The molecule has 3 nitrogen and oxygen atoms in total. The van der Waals surface area contributed by atoms with Crippen LogP contribution in [-0.2, 0) is 6.42 Å². The van der Waals surface area contributed by atoms with Gasteiger partial charge in [-0.2, -0.15) is 0 Å². The van der Waals surface area contributed by atoms with Gasteiger partial charge in [-0.1, -0.05) is 37.3 Å². The summed E-state index contributed by atoms with van der Waals surface area (Å²) in [7, 11) is 0. The Morgan fingerprint density at radius 1 is 1.22 bits per heavy atom. The highest BCUT2D eigenvalue weighted by atomic mass is 19.1. The number of nitrogens with zero attached hydrogens (tertiary/aromatic N) is 1. The molecular formula is C19H21FN2O. The molecule has 2 amide bonds. The lowest BCUT2D eigenvalue weighted by molar-refractivity contribution is 0.207. The zero-order valence-electron chi connectivity index (χ0n) is 13.3. The van der Waals surface area contributed by atoms with Crippen molar-refractivity contribution in [3.05, 3.63) is 65.5 Å². The second kappa shape index (κ2) is 6.82. The molecule has 1 aliphatic rings. The fraction of sp³-hybridized carbons (Fsp3) is 0.316.